The number of unbranched alkanes of at least 4 members (excludes halogenated alkanes) is 1. The molecule has 0 radical (unpaired) electrons. The molecule has 3 fully saturated rings. The molecule has 0 aromatic carbocycles. The summed E-state index contributed by atoms with van der Waals surface area (Å²) in [5.41, 5.74) is 1.89. The third-order valence-corrected chi connectivity index (χ3v) is 8.66. The van der Waals surface area contributed by atoms with E-state index in [0.717, 1.165) is 50.4 Å². The second-order valence-electron chi connectivity index (χ2n) is 10.1. The summed E-state index contributed by atoms with van der Waals surface area (Å²) in [4.78, 5) is 21.5. The second kappa shape index (κ2) is 8.30. The number of allylic oxidation sites excluding steroid dienone is 1. The molecule has 0 heterocycles. The van der Waals surface area contributed by atoms with E-state index in [9.17, 15) is 14.7 Å². The van der Waals surface area contributed by atoms with Crippen molar-refractivity contribution in [3.05, 3.63) is 11.6 Å². The van der Waals surface area contributed by atoms with Gasteiger partial charge in [-0.05, 0) is 86.0 Å². The molecular formula is C24H38O4. The van der Waals surface area contributed by atoms with Crippen molar-refractivity contribution in [2.75, 3.05) is 0 Å². The molecule has 0 spiro atoms. The average molecular weight is 391 g/mol. The van der Waals surface area contributed by atoms with Crippen LogP contribution in [0.1, 0.15) is 91.4 Å². The summed E-state index contributed by atoms with van der Waals surface area (Å²) in [6.07, 6.45) is 12.8. The predicted octanol–water partition coefficient (Wildman–Crippen LogP) is 5.14. The number of carboxylic acids is 1. The minimum atomic E-state index is -0.693. The van der Waals surface area contributed by atoms with Gasteiger partial charge in [-0.25, -0.2) is 0 Å². The zero-order chi connectivity index (χ0) is 20.5. The van der Waals surface area contributed by atoms with E-state index in [1.807, 2.05) is 13.0 Å². The number of fused-ring (bicyclic) bond motifs is 5. The topological polar surface area (TPSA) is 74.6 Å². The van der Waals surface area contributed by atoms with Crippen LogP contribution < -0.4 is 0 Å². The molecule has 4 heteroatoms. The third-order valence-electron chi connectivity index (χ3n) is 8.66. The lowest BCUT2D eigenvalue weighted by Gasteiger charge is -2.57. The summed E-state index contributed by atoms with van der Waals surface area (Å²) in [6.45, 7) is 6.74. The molecule has 0 bridgehead atoms. The summed E-state index contributed by atoms with van der Waals surface area (Å²) in [5.74, 6) is 1.88. The fourth-order valence-electron chi connectivity index (χ4n) is 6.86. The molecule has 28 heavy (non-hydrogen) atoms. The van der Waals surface area contributed by atoms with Crippen LogP contribution in [-0.4, -0.2) is 28.1 Å². The summed E-state index contributed by atoms with van der Waals surface area (Å²) < 4.78 is 0. The Bertz CT molecular complexity index is 639. The van der Waals surface area contributed by atoms with E-state index in [0.29, 0.717) is 18.1 Å². The Labute approximate surface area is 169 Å². The third kappa shape index (κ3) is 3.81. The molecule has 0 aliphatic heterocycles. The number of rotatable bonds is 3. The van der Waals surface area contributed by atoms with Gasteiger partial charge in [-0.15, -0.1) is 0 Å². The van der Waals surface area contributed by atoms with Crippen molar-refractivity contribution in [3.63, 3.8) is 0 Å². The van der Waals surface area contributed by atoms with Gasteiger partial charge in [0.05, 0.1) is 6.10 Å². The maximum atomic E-state index is 11.8. The molecule has 0 amide bonds. The SMILES string of the molecule is CCCCC(=O)O.C[C@]12CC[C@H]3[C@@H](CCC4=CC(=O)CC[C@@]43C)[C@@H]1CC[C@@H]2O. The van der Waals surface area contributed by atoms with Crippen LogP contribution >= 0.6 is 0 Å². The lowest BCUT2D eigenvalue weighted by molar-refractivity contribution is -0.137. The molecule has 4 aliphatic rings. The minimum absolute atomic E-state index is 0.0823. The largest absolute Gasteiger partial charge is 0.481 e. The van der Waals surface area contributed by atoms with Crippen LogP contribution in [0.15, 0.2) is 11.6 Å². The van der Waals surface area contributed by atoms with Gasteiger partial charge < -0.3 is 10.2 Å². The Kier molecular flexibility index (Phi) is 6.38. The van der Waals surface area contributed by atoms with E-state index in [4.69, 9.17) is 5.11 Å². The van der Waals surface area contributed by atoms with Crippen LogP contribution in [0.3, 0.4) is 0 Å². The van der Waals surface area contributed by atoms with Crippen molar-refractivity contribution in [2.45, 2.75) is 97.5 Å². The van der Waals surface area contributed by atoms with Gasteiger partial charge in [-0.2, -0.15) is 0 Å². The first-order valence-corrected chi connectivity index (χ1v) is 11.4. The Morgan fingerprint density at radius 1 is 1.11 bits per heavy atom. The number of carbonyl (C=O) groups is 2. The van der Waals surface area contributed by atoms with E-state index in [1.165, 1.54) is 31.3 Å². The quantitative estimate of drug-likeness (QED) is 0.699. The van der Waals surface area contributed by atoms with Crippen molar-refractivity contribution in [1.82, 2.24) is 0 Å². The smallest absolute Gasteiger partial charge is 0.303 e. The standard InChI is InChI=1S/C19H28O2.C5H10O2/c1-18-9-7-13(20)11-12(18)3-4-14-15-5-6-17(21)19(15,2)10-8-16(14)18;1-2-3-4-5(6)7/h11,14-17,21H,3-10H2,1-2H3;2-4H2,1H3,(H,6,7)/t14-,15-,16-,17-,18-,19-;/m0./s1. The van der Waals surface area contributed by atoms with E-state index in [2.05, 4.69) is 13.8 Å². The molecule has 0 unspecified atom stereocenters. The Hall–Kier alpha value is -1.16. The number of ketones is 1. The molecule has 158 valence electrons. The number of hydrogen-bond donors (Lipinski definition) is 2. The van der Waals surface area contributed by atoms with E-state index in [-0.39, 0.29) is 16.9 Å². The van der Waals surface area contributed by atoms with E-state index < -0.39 is 5.97 Å². The van der Waals surface area contributed by atoms with Crippen LogP contribution in [0.25, 0.3) is 0 Å². The zero-order valence-corrected chi connectivity index (χ0v) is 17.9. The van der Waals surface area contributed by atoms with Crippen LogP contribution in [0.5, 0.6) is 0 Å². The molecule has 4 aliphatic carbocycles. The van der Waals surface area contributed by atoms with Crippen molar-refractivity contribution in [3.8, 4) is 0 Å². The van der Waals surface area contributed by atoms with Crippen LogP contribution in [0.2, 0.25) is 0 Å². The highest BCUT2D eigenvalue weighted by Crippen LogP contribution is 2.65. The van der Waals surface area contributed by atoms with Gasteiger partial charge in [-0.3, -0.25) is 9.59 Å². The number of aliphatic hydroxyl groups excluding tert-OH is 1. The van der Waals surface area contributed by atoms with E-state index in [1.54, 1.807) is 0 Å². The Balaban J connectivity index is 0.000000279. The summed E-state index contributed by atoms with van der Waals surface area (Å²) in [7, 11) is 0. The van der Waals surface area contributed by atoms with Gasteiger partial charge in [0.15, 0.2) is 5.78 Å². The first-order valence-electron chi connectivity index (χ1n) is 11.4. The molecule has 2 N–H and O–H groups in total. The number of hydrogen-bond acceptors (Lipinski definition) is 3. The Morgan fingerprint density at radius 3 is 2.50 bits per heavy atom. The highest BCUT2D eigenvalue weighted by Gasteiger charge is 2.58. The molecule has 4 nitrogen and oxygen atoms in total. The van der Waals surface area contributed by atoms with Gasteiger partial charge in [0.2, 0.25) is 0 Å². The molecule has 3 saturated carbocycles. The van der Waals surface area contributed by atoms with E-state index >= 15 is 0 Å². The zero-order valence-electron chi connectivity index (χ0n) is 17.9. The Morgan fingerprint density at radius 2 is 1.86 bits per heavy atom. The molecular weight excluding hydrogens is 352 g/mol. The van der Waals surface area contributed by atoms with Crippen molar-refractivity contribution in [2.24, 2.45) is 28.6 Å². The van der Waals surface area contributed by atoms with Gasteiger partial charge in [-0.1, -0.05) is 32.8 Å². The molecule has 0 aromatic rings. The fraction of sp³-hybridized carbons (Fsp3) is 0.833. The van der Waals surface area contributed by atoms with Crippen molar-refractivity contribution in [1.29, 1.82) is 0 Å². The lowest BCUT2D eigenvalue weighted by atomic mass is 9.47. The summed E-state index contributed by atoms with van der Waals surface area (Å²) in [5, 5.41) is 18.5. The van der Waals surface area contributed by atoms with Crippen LogP contribution in [0.4, 0.5) is 0 Å². The van der Waals surface area contributed by atoms with Gasteiger partial charge in [0.1, 0.15) is 0 Å². The average Bonchev–Trinajstić information content (AvgIpc) is 2.96. The first-order chi connectivity index (χ1) is 13.2. The normalized spacial score (nSPS) is 41.7. The lowest BCUT2D eigenvalue weighted by Crippen LogP contribution is -2.51. The van der Waals surface area contributed by atoms with Crippen LogP contribution in [-0.2, 0) is 9.59 Å². The first kappa shape index (κ1) is 21.5. The highest BCUT2D eigenvalue weighted by molar-refractivity contribution is 5.91. The molecule has 6 atom stereocenters. The van der Waals surface area contributed by atoms with Gasteiger partial charge in [0, 0.05) is 12.8 Å². The molecule has 0 saturated heterocycles. The van der Waals surface area contributed by atoms with Gasteiger partial charge in [0.25, 0.3) is 0 Å². The molecule has 4 rings (SSSR count). The fourth-order valence-corrected chi connectivity index (χ4v) is 6.86. The number of aliphatic hydroxyl groups is 1. The second-order valence-corrected chi connectivity index (χ2v) is 10.1. The maximum Gasteiger partial charge on any atom is 0.303 e. The molecule has 0 aromatic heterocycles. The van der Waals surface area contributed by atoms with Crippen LogP contribution in [0, 0.1) is 28.6 Å². The summed E-state index contributed by atoms with van der Waals surface area (Å²) >= 11 is 0. The predicted molar refractivity (Wildman–Crippen MR) is 110 cm³/mol. The maximum absolute atomic E-state index is 11.8. The minimum Gasteiger partial charge on any atom is -0.481 e. The summed E-state index contributed by atoms with van der Waals surface area (Å²) in [6, 6.07) is 0. The van der Waals surface area contributed by atoms with Gasteiger partial charge >= 0.3 is 5.97 Å². The monoisotopic (exact) mass is 390 g/mol. The van der Waals surface area contributed by atoms with Crippen molar-refractivity contribution >= 4 is 11.8 Å². The number of carboxylic acid groups (broad SMARTS) is 1. The number of aliphatic carboxylic acids is 1. The highest BCUT2D eigenvalue weighted by atomic mass is 16.4. The van der Waals surface area contributed by atoms with Crippen molar-refractivity contribution < 1.29 is 19.8 Å². The number of carbonyl (C=O) groups excluding carboxylic acids is 1.